The summed E-state index contributed by atoms with van der Waals surface area (Å²) < 4.78 is 16.1. The molecule has 0 saturated heterocycles. The highest BCUT2D eigenvalue weighted by Crippen LogP contribution is 2.45. The number of fused-ring (bicyclic) bond motifs is 1. The molecule has 1 N–H and O–H groups in total. The van der Waals surface area contributed by atoms with Gasteiger partial charge < -0.3 is 19.2 Å². The maximum absolute atomic E-state index is 12.1. The smallest absolute Gasteiger partial charge is 0.337 e. The van der Waals surface area contributed by atoms with E-state index in [1.165, 1.54) is 50.2 Å². The van der Waals surface area contributed by atoms with Crippen LogP contribution in [0.15, 0.2) is 36.4 Å². The van der Waals surface area contributed by atoms with Crippen molar-refractivity contribution in [1.82, 2.24) is 4.98 Å². The van der Waals surface area contributed by atoms with E-state index in [2.05, 4.69) is 23.2 Å². The molecule has 1 aliphatic carbocycles. The van der Waals surface area contributed by atoms with Crippen LogP contribution in [0.5, 0.6) is 5.75 Å². The number of para-hydroxylation sites is 1. The Morgan fingerprint density at radius 1 is 1.10 bits per heavy atom. The second-order valence-electron chi connectivity index (χ2n) is 8.00. The molecule has 0 bridgehead atoms. The van der Waals surface area contributed by atoms with Crippen LogP contribution in [0.3, 0.4) is 0 Å². The van der Waals surface area contributed by atoms with Crippen LogP contribution in [0.2, 0.25) is 0 Å². The van der Waals surface area contributed by atoms with E-state index in [9.17, 15) is 4.79 Å². The lowest BCUT2D eigenvalue weighted by Gasteiger charge is -2.23. The van der Waals surface area contributed by atoms with Crippen molar-refractivity contribution in [3.8, 4) is 17.0 Å². The third-order valence-electron chi connectivity index (χ3n) is 6.08. The average Bonchev–Trinajstić information content (AvgIpc) is 3.16. The van der Waals surface area contributed by atoms with Crippen LogP contribution in [0.1, 0.15) is 59.5 Å². The number of aromatic nitrogens is 1. The number of carbonyl (C=O) groups excluding carboxylic acids is 1. The minimum atomic E-state index is -0.327. The van der Waals surface area contributed by atoms with Gasteiger partial charge in [-0.25, -0.2) is 4.79 Å². The van der Waals surface area contributed by atoms with E-state index in [0.717, 1.165) is 28.1 Å². The van der Waals surface area contributed by atoms with Gasteiger partial charge in [0.25, 0.3) is 0 Å². The molecule has 3 aromatic rings. The maximum atomic E-state index is 12.1. The number of aryl methyl sites for hydroxylation is 1. The van der Waals surface area contributed by atoms with Gasteiger partial charge >= 0.3 is 5.97 Å². The fourth-order valence-corrected chi connectivity index (χ4v) is 4.65. The van der Waals surface area contributed by atoms with Gasteiger partial charge in [0.1, 0.15) is 5.75 Å². The number of nitrogens with one attached hydrogen (secondary N) is 1. The van der Waals surface area contributed by atoms with E-state index in [4.69, 9.17) is 14.2 Å². The Morgan fingerprint density at radius 2 is 1.90 bits per heavy atom. The van der Waals surface area contributed by atoms with E-state index in [1.807, 2.05) is 25.1 Å². The summed E-state index contributed by atoms with van der Waals surface area (Å²) in [6, 6.07) is 12.0. The number of ether oxygens (including phenoxy) is 3. The van der Waals surface area contributed by atoms with Crippen LogP contribution in [0.4, 0.5) is 0 Å². The van der Waals surface area contributed by atoms with Gasteiger partial charge in [-0.15, -0.1) is 0 Å². The van der Waals surface area contributed by atoms with E-state index in [-0.39, 0.29) is 12.8 Å². The van der Waals surface area contributed by atoms with Gasteiger partial charge in [-0.2, -0.15) is 0 Å². The first kappa shape index (κ1) is 20.5. The van der Waals surface area contributed by atoms with Crippen molar-refractivity contribution < 1.29 is 19.0 Å². The fourth-order valence-electron chi connectivity index (χ4n) is 4.65. The number of esters is 1. The molecule has 2 aromatic carbocycles. The summed E-state index contributed by atoms with van der Waals surface area (Å²) >= 11 is 0. The highest BCUT2D eigenvalue weighted by atomic mass is 16.7. The molecule has 1 aliphatic rings. The summed E-state index contributed by atoms with van der Waals surface area (Å²) in [5.41, 5.74) is 6.00. The summed E-state index contributed by atoms with van der Waals surface area (Å²) in [5.74, 6) is 0.991. The number of hydrogen-bond donors (Lipinski definition) is 1. The second-order valence-corrected chi connectivity index (χ2v) is 8.00. The zero-order chi connectivity index (χ0) is 21.1. The lowest BCUT2D eigenvalue weighted by molar-refractivity contribution is 0.0510. The van der Waals surface area contributed by atoms with Crippen LogP contribution in [-0.4, -0.2) is 32.0 Å². The van der Waals surface area contributed by atoms with Crippen LogP contribution >= 0.6 is 0 Å². The number of rotatable bonds is 6. The zero-order valence-corrected chi connectivity index (χ0v) is 17.9. The monoisotopic (exact) mass is 407 g/mol. The molecule has 30 heavy (non-hydrogen) atoms. The number of carbonyl (C=O) groups is 1. The molecular weight excluding hydrogens is 378 g/mol. The molecule has 1 saturated carbocycles. The summed E-state index contributed by atoms with van der Waals surface area (Å²) in [6.07, 6.45) is 6.15. The number of benzene rings is 2. The zero-order valence-electron chi connectivity index (χ0n) is 17.9. The number of methoxy groups -OCH3 is 2. The fraction of sp³-hybridized carbons (Fsp3) is 0.400. The Labute approximate surface area is 177 Å². The minimum absolute atomic E-state index is 0.198. The molecule has 1 fully saturated rings. The highest BCUT2D eigenvalue weighted by molar-refractivity contribution is 5.98. The van der Waals surface area contributed by atoms with Gasteiger partial charge in [0.15, 0.2) is 6.79 Å². The molecule has 0 unspecified atom stereocenters. The topological polar surface area (TPSA) is 60.5 Å². The van der Waals surface area contributed by atoms with Crippen molar-refractivity contribution in [1.29, 1.82) is 0 Å². The van der Waals surface area contributed by atoms with Gasteiger partial charge in [-0.1, -0.05) is 37.5 Å². The quantitative estimate of drug-likeness (QED) is 0.404. The number of H-pyrrole nitrogens is 1. The predicted molar refractivity (Wildman–Crippen MR) is 118 cm³/mol. The predicted octanol–water partition coefficient (Wildman–Crippen LogP) is 5.96. The SMILES string of the molecule is COCOc1c(C)cccc1-c1[nH]c2cc(C(=O)OC)ccc2c1C1CCCCC1. The number of hydrogen-bond acceptors (Lipinski definition) is 4. The van der Waals surface area contributed by atoms with Gasteiger partial charge in [0.05, 0.1) is 18.4 Å². The lowest BCUT2D eigenvalue weighted by atomic mass is 9.81. The van der Waals surface area contributed by atoms with Crippen LogP contribution in [0, 0.1) is 6.92 Å². The van der Waals surface area contributed by atoms with Crippen molar-refractivity contribution in [3.05, 3.63) is 53.1 Å². The third kappa shape index (κ3) is 3.82. The minimum Gasteiger partial charge on any atom is -0.467 e. The molecule has 158 valence electrons. The van der Waals surface area contributed by atoms with Crippen LogP contribution in [-0.2, 0) is 9.47 Å². The molecule has 0 amide bonds. The third-order valence-corrected chi connectivity index (χ3v) is 6.08. The summed E-state index contributed by atoms with van der Waals surface area (Å²) in [5, 5.41) is 1.17. The first-order valence-electron chi connectivity index (χ1n) is 10.6. The first-order valence-corrected chi connectivity index (χ1v) is 10.6. The summed E-state index contributed by atoms with van der Waals surface area (Å²) in [7, 11) is 3.04. The van der Waals surface area contributed by atoms with Gasteiger partial charge in [-0.05, 0) is 55.0 Å². The normalized spacial score (nSPS) is 14.8. The largest absolute Gasteiger partial charge is 0.467 e. The van der Waals surface area contributed by atoms with Crippen molar-refractivity contribution in [2.45, 2.75) is 44.9 Å². The lowest BCUT2D eigenvalue weighted by Crippen LogP contribution is -2.07. The van der Waals surface area contributed by atoms with E-state index >= 15 is 0 Å². The number of aromatic amines is 1. The Hall–Kier alpha value is -2.79. The van der Waals surface area contributed by atoms with Crippen LogP contribution < -0.4 is 4.74 Å². The summed E-state index contributed by atoms with van der Waals surface area (Å²) in [4.78, 5) is 15.7. The standard InChI is InChI=1S/C25H29NO4/c1-16-8-7-11-20(24(16)30-15-28-2)23-22(17-9-5-4-6-10-17)19-13-12-18(25(27)29-3)14-21(19)26-23/h7-8,11-14,17,26H,4-6,9-10,15H2,1-3H3. The Balaban J connectivity index is 1.92. The first-order chi connectivity index (χ1) is 14.6. The molecule has 0 spiro atoms. The Kier molecular flexibility index (Phi) is 6.09. The van der Waals surface area contributed by atoms with Crippen molar-refractivity contribution in [2.75, 3.05) is 21.0 Å². The maximum Gasteiger partial charge on any atom is 0.337 e. The summed E-state index contributed by atoms with van der Waals surface area (Å²) in [6.45, 7) is 2.25. The van der Waals surface area contributed by atoms with E-state index in [1.54, 1.807) is 7.11 Å². The van der Waals surface area contributed by atoms with Gasteiger partial charge in [0.2, 0.25) is 0 Å². The molecule has 1 heterocycles. The van der Waals surface area contributed by atoms with Crippen LogP contribution in [0.25, 0.3) is 22.2 Å². The highest BCUT2D eigenvalue weighted by Gasteiger charge is 2.26. The van der Waals surface area contributed by atoms with Gasteiger partial charge in [0, 0.05) is 23.6 Å². The Morgan fingerprint density at radius 3 is 2.63 bits per heavy atom. The molecule has 0 aliphatic heterocycles. The van der Waals surface area contributed by atoms with E-state index < -0.39 is 0 Å². The van der Waals surface area contributed by atoms with Crippen molar-refractivity contribution in [3.63, 3.8) is 0 Å². The molecular formula is C25H29NO4. The molecule has 0 atom stereocenters. The van der Waals surface area contributed by atoms with Crippen molar-refractivity contribution >= 4 is 16.9 Å². The van der Waals surface area contributed by atoms with E-state index in [0.29, 0.717) is 11.5 Å². The molecule has 0 radical (unpaired) electrons. The molecule has 5 nitrogen and oxygen atoms in total. The van der Waals surface area contributed by atoms with Crippen molar-refractivity contribution in [2.24, 2.45) is 0 Å². The molecule has 1 aromatic heterocycles. The Bertz CT molecular complexity index is 1050. The average molecular weight is 408 g/mol. The molecule has 5 heteroatoms. The van der Waals surface area contributed by atoms with Gasteiger partial charge in [-0.3, -0.25) is 0 Å². The molecule has 4 rings (SSSR count). The second kappa shape index (κ2) is 8.92.